The van der Waals surface area contributed by atoms with Crippen LogP contribution in [0.2, 0.25) is 0 Å². The molecule has 0 unspecified atom stereocenters. The lowest BCUT2D eigenvalue weighted by Gasteiger charge is -2.23. The number of benzene rings is 2. The van der Waals surface area contributed by atoms with E-state index in [1.807, 2.05) is 4.90 Å². The van der Waals surface area contributed by atoms with Gasteiger partial charge in [-0.2, -0.15) is 13.2 Å². The number of alkyl halides is 3. The number of nitro benzene ring substituents is 1. The van der Waals surface area contributed by atoms with Crippen LogP contribution in [-0.4, -0.2) is 47.2 Å². The van der Waals surface area contributed by atoms with Gasteiger partial charge in [0.2, 0.25) is 5.91 Å². The molecule has 9 nitrogen and oxygen atoms in total. The van der Waals surface area contributed by atoms with E-state index in [-0.39, 0.29) is 11.3 Å². The van der Waals surface area contributed by atoms with Gasteiger partial charge in [0.1, 0.15) is 12.1 Å². The topological polar surface area (TPSA) is 113 Å². The van der Waals surface area contributed by atoms with Gasteiger partial charge in [0.05, 0.1) is 27.4 Å². The molecule has 3 amide bonds. The highest BCUT2D eigenvalue weighted by molar-refractivity contribution is 6.24. The van der Waals surface area contributed by atoms with Crippen LogP contribution in [0.4, 0.5) is 30.2 Å². The van der Waals surface area contributed by atoms with Crippen molar-refractivity contribution >= 4 is 34.8 Å². The molecule has 1 fully saturated rings. The number of fused-ring (bicyclic) bond motifs is 1. The largest absolute Gasteiger partial charge is 0.416 e. The van der Waals surface area contributed by atoms with E-state index in [2.05, 4.69) is 5.32 Å². The van der Waals surface area contributed by atoms with Gasteiger partial charge in [0.15, 0.2) is 0 Å². The minimum atomic E-state index is -4.63. The summed E-state index contributed by atoms with van der Waals surface area (Å²) in [6, 6.07) is 6.55. The molecule has 1 N–H and O–H groups in total. The number of nitro groups is 1. The average molecular weight is 462 g/mol. The van der Waals surface area contributed by atoms with Crippen molar-refractivity contribution in [3.8, 4) is 0 Å². The maximum Gasteiger partial charge on any atom is 0.416 e. The Balaban J connectivity index is 1.59. The smallest absolute Gasteiger partial charge is 0.370 e. The van der Waals surface area contributed by atoms with Gasteiger partial charge >= 0.3 is 6.18 Å². The van der Waals surface area contributed by atoms with Crippen LogP contribution in [0, 0.1) is 10.1 Å². The van der Waals surface area contributed by atoms with Crippen molar-refractivity contribution in [3.05, 3.63) is 63.2 Å². The fraction of sp³-hybridized carbons (Fsp3) is 0.286. The van der Waals surface area contributed by atoms with Crippen LogP contribution < -0.4 is 10.2 Å². The van der Waals surface area contributed by atoms with E-state index in [4.69, 9.17) is 0 Å². The fourth-order valence-corrected chi connectivity index (χ4v) is 3.99. The number of carbonyl (C=O) groups is 3. The maximum atomic E-state index is 13.2. The summed E-state index contributed by atoms with van der Waals surface area (Å²) in [4.78, 5) is 50.7. The van der Waals surface area contributed by atoms with E-state index in [1.165, 1.54) is 18.2 Å². The molecular formula is C21H17F3N4O5. The quantitative estimate of drug-likeness (QED) is 0.414. The minimum Gasteiger partial charge on any atom is -0.370 e. The monoisotopic (exact) mass is 462 g/mol. The van der Waals surface area contributed by atoms with Crippen molar-refractivity contribution in [2.24, 2.45) is 0 Å². The lowest BCUT2D eigenvalue weighted by molar-refractivity contribution is -0.385. The van der Waals surface area contributed by atoms with Crippen LogP contribution >= 0.6 is 0 Å². The van der Waals surface area contributed by atoms with Crippen LogP contribution in [0.15, 0.2) is 36.4 Å². The Kier molecular flexibility index (Phi) is 5.52. The molecule has 0 spiro atoms. The van der Waals surface area contributed by atoms with E-state index >= 15 is 0 Å². The molecule has 2 heterocycles. The highest BCUT2D eigenvalue weighted by Crippen LogP contribution is 2.37. The standard InChI is InChI=1S/C21H17F3N4O5/c22-21(23,24)12-6-7-15(26-8-1-2-9-26)14(10-12)25-17(29)11-27-19(30)13-4-3-5-16(28(32)33)18(13)20(27)31/h3-7,10H,1-2,8-9,11H2,(H,25,29). The molecule has 0 saturated carbocycles. The molecule has 1 saturated heterocycles. The van der Waals surface area contributed by atoms with Crippen molar-refractivity contribution in [1.29, 1.82) is 0 Å². The van der Waals surface area contributed by atoms with E-state index in [0.29, 0.717) is 23.7 Å². The summed E-state index contributed by atoms with van der Waals surface area (Å²) in [5, 5.41) is 13.6. The predicted octanol–water partition coefficient (Wildman–Crippen LogP) is 3.45. The maximum absolute atomic E-state index is 13.2. The van der Waals surface area contributed by atoms with Crippen molar-refractivity contribution in [3.63, 3.8) is 0 Å². The van der Waals surface area contributed by atoms with Crippen LogP contribution in [0.3, 0.4) is 0 Å². The number of imide groups is 1. The van der Waals surface area contributed by atoms with Gasteiger partial charge < -0.3 is 10.2 Å². The molecule has 4 rings (SSSR count). The normalized spacial score (nSPS) is 15.7. The molecule has 0 atom stereocenters. The molecular weight excluding hydrogens is 445 g/mol. The molecule has 2 aliphatic rings. The number of hydrogen-bond acceptors (Lipinski definition) is 6. The average Bonchev–Trinajstić information content (AvgIpc) is 3.37. The van der Waals surface area contributed by atoms with E-state index in [0.717, 1.165) is 31.0 Å². The highest BCUT2D eigenvalue weighted by atomic mass is 19.4. The van der Waals surface area contributed by atoms with E-state index in [1.54, 1.807) is 0 Å². The second-order valence-corrected chi connectivity index (χ2v) is 7.63. The third-order valence-corrected chi connectivity index (χ3v) is 5.52. The molecule has 0 aromatic heterocycles. The molecule has 2 aliphatic heterocycles. The number of amides is 3. The zero-order chi connectivity index (χ0) is 23.9. The third-order valence-electron chi connectivity index (χ3n) is 5.52. The van der Waals surface area contributed by atoms with Gasteiger partial charge in [0, 0.05) is 19.2 Å². The first-order chi connectivity index (χ1) is 15.6. The summed E-state index contributed by atoms with van der Waals surface area (Å²) < 4.78 is 39.7. The van der Waals surface area contributed by atoms with Crippen LogP contribution in [0.1, 0.15) is 39.1 Å². The van der Waals surface area contributed by atoms with E-state index < -0.39 is 52.2 Å². The van der Waals surface area contributed by atoms with Gasteiger partial charge in [-0.3, -0.25) is 29.4 Å². The van der Waals surface area contributed by atoms with Crippen LogP contribution in [0.5, 0.6) is 0 Å². The Bertz CT molecular complexity index is 1170. The summed E-state index contributed by atoms with van der Waals surface area (Å²) in [5.74, 6) is -2.81. The number of anilines is 2. The fourth-order valence-electron chi connectivity index (χ4n) is 3.99. The minimum absolute atomic E-state index is 0.0979. The number of hydrogen-bond donors (Lipinski definition) is 1. The molecule has 172 valence electrons. The number of halogens is 3. The molecule has 12 heteroatoms. The van der Waals surface area contributed by atoms with Crippen molar-refractivity contribution in [2.75, 3.05) is 29.9 Å². The van der Waals surface area contributed by atoms with Crippen LogP contribution in [-0.2, 0) is 11.0 Å². The summed E-state index contributed by atoms with van der Waals surface area (Å²) in [7, 11) is 0. The van der Waals surface area contributed by atoms with Gasteiger partial charge in [-0.15, -0.1) is 0 Å². The van der Waals surface area contributed by atoms with Crippen molar-refractivity contribution < 1.29 is 32.5 Å². The van der Waals surface area contributed by atoms with Gasteiger partial charge in [0.25, 0.3) is 17.5 Å². The molecule has 0 radical (unpaired) electrons. The Morgan fingerprint density at radius 3 is 2.42 bits per heavy atom. The van der Waals surface area contributed by atoms with E-state index in [9.17, 15) is 37.7 Å². The van der Waals surface area contributed by atoms with Crippen molar-refractivity contribution in [1.82, 2.24) is 4.90 Å². The predicted molar refractivity (Wildman–Crippen MR) is 110 cm³/mol. The van der Waals surface area contributed by atoms with Gasteiger partial charge in [-0.1, -0.05) is 6.07 Å². The molecule has 0 bridgehead atoms. The lowest BCUT2D eigenvalue weighted by atomic mass is 10.1. The summed E-state index contributed by atoms with van der Waals surface area (Å²) in [5.41, 5.74) is -1.86. The second kappa shape index (κ2) is 8.19. The molecule has 33 heavy (non-hydrogen) atoms. The molecule has 2 aromatic carbocycles. The molecule has 0 aliphatic carbocycles. The Morgan fingerprint density at radius 1 is 1.09 bits per heavy atom. The summed E-state index contributed by atoms with van der Waals surface area (Å²) in [6.45, 7) is 0.409. The first kappa shape index (κ1) is 22.2. The Hall–Kier alpha value is -3.96. The van der Waals surface area contributed by atoms with Crippen LogP contribution in [0.25, 0.3) is 0 Å². The number of nitrogens with zero attached hydrogens (tertiary/aromatic N) is 3. The zero-order valence-electron chi connectivity index (χ0n) is 17.0. The Morgan fingerprint density at radius 2 is 1.79 bits per heavy atom. The summed E-state index contributed by atoms with van der Waals surface area (Å²) >= 11 is 0. The third kappa shape index (κ3) is 4.11. The molecule has 2 aromatic rings. The first-order valence-corrected chi connectivity index (χ1v) is 9.97. The second-order valence-electron chi connectivity index (χ2n) is 7.63. The SMILES string of the molecule is O=C(CN1C(=O)c2cccc([N+](=O)[O-])c2C1=O)Nc1cc(C(F)(F)F)ccc1N1CCCC1. The number of carbonyl (C=O) groups excluding carboxylic acids is 3. The number of nitrogens with one attached hydrogen (secondary N) is 1. The summed E-state index contributed by atoms with van der Waals surface area (Å²) in [6.07, 6.45) is -2.94. The van der Waals surface area contributed by atoms with Gasteiger partial charge in [-0.05, 0) is 37.1 Å². The first-order valence-electron chi connectivity index (χ1n) is 9.97. The lowest BCUT2D eigenvalue weighted by Crippen LogP contribution is -2.37. The van der Waals surface area contributed by atoms with Gasteiger partial charge in [-0.25, -0.2) is 0 Å². The number of rotatable bonds is 5. The highest BCUT2D eigenvalue weighted by Gasteiger charge is 2.42. The zero-order valence-corrected chi connectivity index (χ0v) is 17.0. The van der Waals surface area contributed by atoms with Crippen molar-refractivity contribution in [2.45, 2.75) is 19.0 Å². The Labute approximate surface area is 184 Å².